The first-order valence-electron chi connectivity index (χ1n) is 5.18. The molecule has 1 atom stereocenters. The number of nitrogens with one attached hydrogen (secondary N) is 1. The molecule has 1 aromatic rings. The Morgan fingerprint density at radius 2 is 2.13 bits per heavy atom. The van der Waals surface area contributed by atoms with Crippen molar-refractivity contribution in [1.82, 2.24) is 5.32 Å². The lowest BCUT2D eigenvalue weighted by Crippen LogP contribution is -2.11. The number of hydrogen-bond donors (Lipinski definition) is 1. The Labute approximate surface area is 89.5 Å². The van der Waals surface area contributed by atoms with Crippen molar-refractivity contribution < 1.29 is 8.78 Å². The van der Waals surface area contributed by atoms with Gasteiger partial charge in [-0.3, -0.25) is 0 Å². The molecular formula is C12H17F2N. The molecule has 0 bridgehead atoms. The molecule has 0 saturated carbocycles. The van der Waals surface area contributed by atoms with E-state index in [2.05, 4.69) is 5.32 Å². The molecule has 15 heavy (non-hydrogen) atoms. The summed E-state index contributed by atoms with van der Waals surface area (Å²) < 4.78 is 26.1. The number of halogens is 2. The van der Waals surface area contributed by atoms with Crippen molar-refractivity contribution in [1.29, 1.82) is 0 Å². The van der Waals surface area contributed by atoms with Gasteiger partial charge in [0.2, 0.25) is 0 Å². The Bertz CT molecular complexity index is 312. The molecular weight excluding hydrogens is 196 g/mol. The molecule has 0 radical (unpaired) electrons. The minimum atomic E-state index is -0.738. The van der Waals surface area contributed by atoms with Crippen LogP contribution in [-0.4, -0.2) is 13.6 Å². The highest BCUT2D eigenvalue weighted by molar-refractivity contribution is 5.28. The van der Waals surface area contributed by atoms with Crippen LogP contribution < -0.4 is 5.32 Å². The molecule has 0 aliphatic heterocycles. The molecule has 1 nitrogen and oxygen atoms in total. The SMILES string of the molecule is CNCCC(C)c1cccc(CF)c1F. The normalized spacial score (nSPS) is 12.8. The number of hydrogen-bond acceptors (Lipinski definition) is 1. The summed E-state index contributed by atoms with van der Waals surface area (Å²) in [5.41, 5.74) is 0.768. The maximum Gasteiger partial charge on any atom is 0.132 e. The van der Waals surface area contributed by atoms with Gasteiger partial charge in [0, 0.05) is 5.56 Å². The second-order valence-electron chi connectivity index (χ2n) is 3.75. The van der Waals surface area contributed by atoms with Crippen LogP contribution in [0, 0.1) is 5.82 Å². The lowest BCUT2D eigenvalue weighted by atomic mass is 9.95. The summed E-state index contributed by atoms with van der Waals surface area (Å²) in [5.74, 6) is -0.271. The highest BCUT2D eigenvalue weighted by Gasteiger charge is 2.13. The smallest absolute Gasteiger partial charge is 0.132 e. The van der Waals surface area contributed by atoms with E-state index in [0.29, 0.717) is 5.56 Å². The van der Waals surface area contributed by atoms with E-state index >= 15 is 0 Å². The first-order valence-corrected chi connectivity index (χ1v) is 5.18. The van der Waals surface area contributed by atoms with Gasteiger partial charge in [-0.15, -0.1) is 0 Å². The van der Waals surface area contributed by atoms with Crippen LogP contribution >= 0.6 is 0 Å². The summed E-state index contributed by atoms with van der Waals surface area (Å²) in [6.45, 7) is 2.05. The van der Waals surface area contributed by atoms with Gasteiger partial charge < -0.3 is 5.32 Å². The molecule has 0 aliphatic rings. The topological polar surface area (TPSA) is 12.0 Å². The van der Waals surface area contributed by atoms with Crippen LogP contribution in [0.5, 0.6) is 0 Å². The Kier molecular flexibility index (Phi) is 4.69. The summed E-state index contributed by atoms with van der Waals surface area (Å²) in [4.78, 5) is 0. The lowest BCUT2D eigenvalue weighted by molar-refractivity contribution is 0.457. The maximum atomic E-state index is 13.7. The zero-order chi connectivity index (χ0) is 11.3. The standard InChI is InChI=1S/C12H17F2N/c1-9(6-7-15-2)11-5-3-4-10(8-13)12(11)14/h3-5,9,15H,6-8H2,1-2H3. The number of alkyl halides is 1. The van der Waals surface area contributed by atoms with E-state index in [1.807, 2.05) is 14.0 Å². The van der Waals surface area contributed by atoms with Crippen LogP contribution in [0.25, 0.3) is 0 Å². The van der Waals surface area contributed by atoms with Gasteiger partial charge in [-0.05, 0) is 31.5 Å². The van der Waals surface area contributed by atoms with Gasteiger partial charge in [0.25, 0.3) is 0 Å². The van der Waals surface area contributed by atoms with E-state index in [0.717, 1.165) is 13.0 Å². The average molecular weight is 213 g/mol. The molecule has 1 rings (SSSR count). The van der Waals surface area contributed by atoms with Crippen molar-refractivity contribution in [3.05, 3.63) is 35.1 Å². The van der Waals surface area contributed by atoms with Crippen LogP contribution in [-0.2, 0) is 6.67 Å². The summed E-state index contributed by atoms with van der Waals surface area (Å²) in [7, 11) is 1.86. The van der Waals surface area contributed by atoms with Gasteiger partial charge in [-0.2, -0.15) is 0 Å². The van der Waals surface area contributed by atoms with Crippen molar-refractivity contribution in [2.75, 3.05) is 13.6 Å². The lowest BCUT2D eigenvalue weighted by Gasteiger charge is -2.13. The zero-order valence-electron chi connectivity index (χ0n) is 9.19. The molecule has 0 aromatic heterocycles. The maximum absolute atomic E-state index is 13.7. The van der Waals surface area contributed by atoms with Crippen LogP contribution in [0.3, 0.4) is 0 Å². The predicted molar refractivity (Wildman–Crippen MR) is 58.2 cm³/mol. The summed E-state index contributed by atoms with van der Waals surface area (Å²) >= 11 is 0. The van der Waals surface area contributed by atoms with Crippen molar-refractivity contribution in [3.63, 3.8) is 0 Å². The Hall–Kier alpha value is -0.960. The molecule has 3 heteroatoms. The van der Waals surface area contributed by atoms with Gasteiger partial charge in [-0.25, -0.2) is 8.78 Å². The van der Waals surface area contributed by atoms with Crippen molar-refractivity contribution in [3.8, 4) is 0 Å². The van der Waals surface area contributed by atoms with Crippen molar-refractivity contribution >= 4 is 0 Å². The molecule has 0 spiro atoms. The van der Waals surface area contributed by atoms with Gasteiger partial charge in [0.05, 0.1) is 0 Å². The molecule has 1 aromatic carbocycles. The number of rotatable bonds is 5. The highest BCUT2D eigenvalue weighted by Crippen LogP contribution is 2.24. The van der Waals surface area contributed by atoms with Gasteiger partial charge in [0.15, 0.2) is 0 Å². The molecule has 0 fully saturated rings. The Morgan fingerprint density at radius 1 is 1.40 bits per heavy atom. The third-order valence-corrected chi connectivity index (χ3v) is 2.61. The minimum absolute atomic E-state index is 0.115. The van der Waals surface area contributed by atoms with Crippen LogP contribution in [0.15, 0.2) is 18.2 Å². The van der Waals surface area contributed by atoms with Crippen molar-refractivity contribution in [2.45, 2.75) is 25.9 Å². The fourth-order valence-electron chi connectivity index (χ4n) is 1.60. The third-order valence-electron chi connectivity index (χ3n) is 2.61. The van der Waals surface area contributed by atoms with E-state index < -0.39 is 6.67 Å². The molecule has 0 aliphatic carbocycles. The van der Waals surface area contributed by atoms with Crippen LogP contribution in [0.1, 0.15) is 30.4 Å². The zero-order valence-corrected chi connectivity index (χ0v) is 9.19. The van der Waals surface area contributed by atoms with E-state index in [1.54, 1.807) is 12.1 Å². The van der Waals surface area contributed by atoms with E-state index in [4.69, 9.17) is 0 Å². The van der Waals surface area contributed by atoms with Crippen LogP contribution in [0.2, 0.25) is 0 Å². The Balaban J connectivity index is 2.83. The average Bonchev–Trinajstić information content (AvgIpc) is 2.26. The summed E-state index contributed by atoms with van der Waals surface area (Å²) in [6, 6.07) is 4.93. The molecule has 0 saturated heterocycles. The second kappa shape index (κ2) is 5.81. The Morgan fingerprint density at radius 3 is 2.73 bits per heavy atom. The molecule has 0 heterocycles. The predicted octanol–water partition coefficient (Wildman–Crippen LogP) is 3.01. The van der Waals surface area contributed by atoms with Crippen LogP contribution in [0.4, 0.5) is 8.78 Å². The van der Waals surface area contributed by atoms with E-state index in [-0.39, 0.29) is 17.3 Å². The van der Waals surface area contributed by atoms with Gasteiger partial charge >= 0.3 is 0 Å². The fraction of sp³-hybridized carbons (Fsp3) is 0.500. The summed E-state index contributed by atoms with van der Waals surface area (Å²) in [6.07, 6.45) is 0.850. The highest BCUT2D eigenvalue weighted by atomic mass is 19.1. The quantitative estimate of drug-likeness (QED) is 0.792. The first-order chi connectivity index (χ1) is 7.20. The molecule has 84 valence electrons. The molecule has 0 amide bonds. The largest absolute Gasteiger partial charge is 0.320 e. The third kappa shape index (κ3) is 2.99. The molecule has 1 unspecified atom stereocenters. The minimum Gasteiger partial charge on any atom is -0.320 e. The molecule has 1 N–H and O–H groups in total. The number of benzene rings is 1. The van der Waals surface area contributed by atoms with Crippen molar-refractivity contribution in [2.24, 2.45) is 0 Å². The monoisotopic (exact) mass is 213 g/mol. The first kappa shape index (κ1) is 12.1. The van der Waals surface area contributed by atoms with Gasteiger partial charge in [0.1, 0.15) is 12.5 Å². The van der Waals surface area contributed by atoms with E-state index in [1.165, 1.54) is 6.07 Å². The van der Waals surface area contributed by atoms with E-state index in [9.17, 15) is 8.78 Å². The fourth-order valence-corrected chi connectivity index (χ4v) is 1.60. The summed E-state index contributed by atoms with van der Waals surface area (Å²) in [5, 5.41) is 3.02. The van der Waals surface area contributed by atoms with Gasteiger partial charge in [-0.1, -0.05) is 25.1 Å². The second-order valence-corrected chi connectivity index (χ2v) is 3.75.